The Morgan fingerprint density at radius 3 is 2.53 bits per heavy atom. The number of fused-ring (bicyclic) bond motifs is 1. The van der Waals surface area contributed by atoms with Gasteiger partial charge in [0.2, 0.25) is 0 Å². The average molecular weight is 402 g/mol. The van der Waals surface area contributed by atoms with E-state index in [0.717, 1.165) is 19.3 Å². The monoisotopic (exact) mass is 402 g/mol. The molecule has 5 nitrogen and oxygen atoms in total. The highest BCUT2D eigenvalue weighted by Crippen LogP contribution is 2.21. The fraction of sp³-hybridized carbons (Fsp3) is 0.280. The Morgan fingerprint density at radius 1 is 1.07 bits per heavy atom. The summed E-state index contributed by atoms with van der Waals surface area (Å²) >= 11 is 0. The molecule has 1 aliphatic carbocycles. The first kappa shape index (κ1) is 20.0. The molecule has 0 aliphatic heterocycles. The fourth-order valence-corrected chi connectivity index (χ4v) is 3.97. The molecule has 1 N–H and O–H groups in total. The van der Waals surface area contributed by atoms with Crippen molar-refractivity contribution in [3.8, 4) is 11.4 Å². The van der Waals surface area contributed by atoms with E-state index >= 15 is 0 Å². The van der Waals surface area contributed by atoms with Crippen LogP contribution in [0.3, 0.4) is 0 Å². The summed E-state index contributed by atoms with van der Waals surface area (Å²) in [7, 11) is 1.60. The van der Waals surface area contributed by atoms with E-state index in [1.807, 2.05) is 30.3 Å². The zero-order chi connectivity index (χ0) is 20.9. The third-order valence-corrected chi connectivity index (χ3v) is 5.64. The first-order valence-electron chi connectivity index (χ1n) is 10.4. The highest BCUT2D eigenvalue weighted by molar-refractivity contribution is 6.06. The van der Waals surface area contributed by atoms with Gasteiger partial charge in [-0.15, -0.1) is 0 Å². The van der Waals surface area contributed by atoms with Gasteiger partial charge in [-0.2, -0.15) is 0 Å². The van der Waals surface area contributed by atoms with Crippen molar-refractivity contribution in [1.29, 1.82) is 0 Å². The number of carbonyl (C=O) groups excluding carboxylic acids is 1. The molecule has 0 bridgehead atoms. The summed E-state index contributed by atoms with van der Waals surface area (Å²) in [6, 6.07) is 14.5. The van der Waals surface area contributed by atoms with Crippen molar-refractivity contribution in [1.82, 2.24) is 9.88 Å². The molecule has 1 aliphatic rings. The standard InChI is InChI=1S/C25H26N2O3/c1-30-20-13-11-19(12-14-20)27-17-23(21-9-5-6-10-22(21)25(27)29)24(28)26-16-15-18-7-3-2-4-8-18/h5-7,9-14,17H,2-4,8,15-16H2,1H3,(H,26,28). The van der Waals surface area contributed by atoms with Gasteiger partial charge in [0, 0.05) is 29.2 Å². The van der Waals surface area contributed by atoms with Crippen LogP contribution in [-0.2, 0) is 0 Å². The quantitative estimate of drug-likeness (QED) is 0.612. The Hall–Kier alpha value is -3.34. The molecule has 1 heterocycles. The van der Waals surface area contributed by atoms with E-state index in [2.05, 4.69) is 11.4 Å². The zero-order valence-corrected chi connectivity index (χ0v) is 17.2. The molecular formula is C25H26N2O3. The molecule has 30 heavy (non-hydrogen) atoms. The number of pyridine rings is 1. The Labute approximate surface area is 176 Å². The number of allylic oxidation sites excluding steroid dienone is 1. The number of benzene rings is 2. The molecule has 154 valence electrons. The predicted molar refractivity (Wildman–Crippen MR) is 120 cm³/mol. The minimum Gasteiger partial charge on any atom is -0.497 e. The number of carbonyl (C=O) groups is 1. The van der Waals surface area contributed by atoms with Crippen LogP contribution in [0.4, 0.5) is 0 Å². The van der Waals surface area contributed by atoms with Gasteiger partial charge in [0.05, 0.1) is 12.7 Å². The van der Waals surface area contributed by atoms with Crippen molar-refractivity contribution in [2.45, 2.75) is 32.1 Å². The van der Waals surface area contributed by atoms with Gasteiger partial charge >= 0.3 is 0 Å². The number of rotatable bonds is 6. The van der Waals surface area contributed by atoms with E-state index < -0.39 is 0 Å². The molecule has 0 saturated carbocycles. The molecule has 4 rings (SSSR count). The second kappa shape index (κ2) is 8.99. The van der Waals surface area contributed by atoms with Crippen molar-refractivity contribution in [3.63, 3.8) is 0 Å². The average Bonchev–Trinajstić information content (AvgIpc) is 2.80. The van der Waals surface area contributed by atoms with E-state index in [0.29, 0.717) is 34.3 Å². The zero-order valence-electron chi connectivity index (χ0n) is 17.2. The second-order valence-electron chi connectivity index (χ2n) is 7.58. The summed E-state index contributed by atoms with van der Waals surface area (Å²) in [5.41, 5.74) is 2.46. The molecule has 0 saturated heterocycles. The highest BCUT2D eigenvalue weighted by atomic mass is 16.5. The van der Waals surface area contributed by atoms with Gasteiger partial charge < -0.3 is 10.1 Å². The topological polar surface area (TPSA) is 60.3 Å². The normalized spacial score (nSPS) is 13.7. The fourth-order valence-electron chi connectivity index (χ4n) is 3.97. The molecule has 2 aromatic carbocycles. The first-order valence-corrected chi connectivity index (χ1v) is 10.4. The molecule has 0 atom stereocenters. The summed E-state index contributed by atoms with van der Waals surface area (Å²) in [6.07, 6.45) is 9.58. The van der Waals surface area contributed by atoms with Crippen LogP contribution in [0, 0.1) is 0 Å². The summed E-state index contributed by atoms with van der Waals surface area (Å²) in [4.78, 5) is 26.1. The Morgan fingerprint density at radius 2 is 1.83 bits per heavy atom. The van der Waals surface area contributed by atoms with E-state index in [-0.39, 0.29) is 11.5 Å². The number of nitrogens with zero attached hydrogens (tertiary/aromatic N) is 1. The maximum atomic E-state index is 13.1. The second-order valence-corrected chi connectivity index (χ2v) is 7.58. The molecule has 5 heteroatoms. The predicted octanol–water partition coefficient (Wildman–Crippen LogP) is 4.62. The SMILES string of the molecule is COc1ccc(-n2cc(C(=O)NCCC3=CCCCC3)c3ccccc3c2=O)cc1. The van der Waals surface area contributed by atoms with Gasteiger partial charge in [-0.05, 0) is 62.4 Å². The Bertz CT molecular complexity index is 1140. The Balaban J connectivity index is 1.66. The van der Waals surface area contributed by atoms with Gasteiger partial charge in [0.1, 0.15) is 5.75 Å². The van der Waals surface area contributed by atoms with Crippen LogP contribution in [0.1, 0.15) is 42.5 Å². The number of hydrogen-bond donors (Lipinski definition) is 1. The summed E-state index contributed by atoms with van der Waals surface area (Å²) < 4.78 is 6.73. The van der Waals surface area contributed by atoms with E-state index in [1.165, 1.54) is 23.0 Å². The summed E-state index contributed by atoms with van der Waals surface area (Å²) in [5.74, 6) is 0.549. The molecule has 0 unspecified atom stereocenters. The van der Waals surface area contributed by atoms with Crippen LogP contribution in [0.25, 0.3) is 16.5 Å². The van der Waals surface area contributed by atoms with E-state index in [1.54, 1.807) is 31.5 Å². The van der Waals surface area contributed by atoms with Gasteiger partial charge in [-0.3, -0.25) is 14.2 Å². The summed E-state index contributed by atoms with van der Waals surface area (Å²) in [5, 5.41) is 4.23. The van der Waals surface area contributed by atoms with Crippen LogP contribution < -0.4 is 15.6 Å². The van der Waals surface area contributed by atoms with E-state index in [9.17, 15) is 9.59 Å². The minimum atomic E-state index is -0.162. The van der Waals surface area contributed by atoms with Crippen molar-refractivity contribution in [3.05, 3.63) is 82.3 Å². The molecule has 1 aromatic heterocycles. The molecule has 0 radical (unpaired) electrons. The Kier molecular flexibility index (Phi) is 5.98. The number of hydrogen-bond acceptors (Lipinski definition) is 3. The van der Waals surface area contributed by atoms with Crippen molar-refractivity contribution in [2.24, 2.45) is 0 Å². The minimum absolute atomic E-state index is 0.153. The number of amides is 1. The molecular weight excluding hydrogens is 376 g/mol. The third kappa shape index (κ3) is 4.15. The largest absolute Gasteiger partial charge is 0.497 e. The smallest absolute Gasteiger partial charge is 0.262 e. The lowest BCUT2D eigenvalue weighted by atomic mass is 9.97. The number of nitrogens with one attached hydrogen (secondary N) is 1. The molecule has 1 amide bonds. The number of methoxy groups -OCH3 is 1. The lowest BCUT2D eigenvalue weighted by Gasteiger charge is -2.15. The molecule has 3 aromatic rings. The van der Waals surface area contributed by atoms with Crippen LogP contribution in [0.15, 0.2) is 71.2 Å². The van der Waals surface area contributed by atoms with Gasteiger partial charge in [-0.25, -0.2) is 0 Å². The molecule has 0 spiro atoms. The van der Waals surface area contributed by atoms with Crippen molar-refractivity contribution in [2.75, 3.05) is 13.7 Å². The lowest BCUT2D eigenvalue weighted by molar-refractivity contribution is 0.0955. The highest BCUT2D eigenvalue weighted by Gasteiger charge is 2.15. The van der Waals surface area contributed by atoms with Crippen LogP contribution >= 0.6 is 0 Å². The van der Waals surface area contributed by atoms with Crippen LogP contribution in [0.5, 0.6) is 5.75 Å². The summed E-state index contributed by atoms with van der Waals surface area (Å²) in [6.45, 7) is 0.598. The number of aromatic nitrogens is 1. The van der Waals surface area contributed by atoms with Gasteiger partial charge in [0.15, 0.2) is 0 Å². The molecule has 0 fully saturated rings. The maximum Gasteiger partial charge on any atom is 0.262 e. The maximum absolute atomic E-state index is 13.1. The lowest BCUT2D eigenvalue weighted by Crippen LogP contribution is -2.28. The van der Waals surface area contributed by atoms with Gasteiger partial charge in [-0.1, -0.05) is 29.8 Å². The van der Waals surface area contributed by atoms with Crippen molar-refractivity contribution < 1.29 is 9.53 Å². The van der Waals surface area contributed by atoms with Gasteiger partial charge in [0.25, 0.3) is 11.5 Å². The third-order valence-electron chi connectivity index (χ3n) is 5.64. The van der Waals surface area contributed by atoms with Crippen LogP contribution in [0.2, 0.25) is 0 Å². The van der Waals surface area contributed by atoms with Crippen LogP contribution in [-0.4, -0.2) is 24.1 Å². The van der Waals surface area contributed by atoms with Crippen molar-refractivity contribution >= 4 is 16.7 Å². The van der Waals surface area contributed by atoms with E-state index in [4.69, 9.17) is 4.74 Å². The first-order chi connectivity index (χ1) is 14.7. The number of ether oxygens (including phenoxy) is 1.